The Bertz CT molecular complexity index is 734. The number of nitrogens with zero attached hydrogens (tertiary/aromatic N) is 2. The molecule has 0 amide bonds. The standard InChI is InChI=1S/C22H28N2/c1-5-16-9-7-10-17(6-2)21(16)24-20-12-8-11-18-13-14-19(15(3)4)23-22(18)20/h7,9-10,13-15H,5-6,8,11-12H2,1-4H3. The van der Waals surface area contributed by atoms with E-state index in [1.807, 2.05) is 0 Å². The SMILES string of the molecule is CCc1cccc(CC)c1N=C1CCCc2ccc(C(C)C)nc21. The lowest BCUT2D eigenvalue weighted by Gasteiger charge is -2.20. The van der Waals surface area contributed by atoms with Crippen molar-refractivity contribution in [3.8, 4) is 0 Å². The van der Waals surface area contributed by atoms with E-state index in [1.165, 1.54) is 40.2 Å². The molecule has 0 radical (unpaired) electrons. The second-order valence-corrected chi connectivity index (χ2v) is 6.94. The smallest absolute Gasteiger partial charge is 0.0880 e. The molecule has 3 rings (SSSR count). The van der Waals surface area contributed by atoms with Crippen molar-refractivity contribution in [3.63, 3.8) is 0 Å². The van der Waals surface area contributed by atoms with Crippen molar-refractivity contribution in [3.05, 3.63) is 58.4 Å². The van der Waals surface area contributed by atoms with Crippen molar-refractivity contribution < 1.29 is 0 Å². The van der Waals surface area contributed by atoms with Gasteiger partial charge in [-0.05, 0) is 60.8 Å². The van der Waals surface area contributed by atoms with Crippen molar-refractivity contribution in [2.45, 2.75) is 65.7 Å². The predicted octanol–water partition coefficient (Wildman–Crippen LogP) is 5.79. The van der Waals surface area contributed by atoms with Gasteiger partial charge in [-0.25, -0.2) is 0 Å². The highest BCUT2D eigenvalue weighted by atomic mass is 14.8. The Hall–Kier alpha value is -1.96. The molecule has 2 aromatic rings. The molecule has 0 fully saturated rings. The quantitative estimate of drug-likeness (QED) is 0.700. The molecule has 1 aromatic carbocycles. The second-order valence-electron chi connectivity index (χ2n) is 6.94. The van der Waals surface area contributed by atoms with Gasteiger partial charge in [-0.3, -0.25) is 9.98 Å². The van der Waals surface area contributed by atoms with Gasteiger partial charge in [-0.1, -0.05) is 52.0 Å². The van der Waals surface area contributed by atoms with Crippen molar-refractivity contribution in [2.75, 3.05) is 0 Å². The average molecular weight is 320 g/mol. The van der Waals surface area contributed by atoms with Gasteiger partial charge in [-0.2, -0.15) is 0 Å². The minimum Gasteiger partial charge on any atom is -0.251 e. The molecular formula is C22H28N2. The van der Waals surface area contributed by atoms with E-state index in [9.17, 15) is 0 Å². The van der Waals surface area contributed by atoms with E-state index in [4.69, 9.17) is 9.98 Å². The molecule has 24 heavy (non-hydrogen) atoms. The molecule has 1 aliphatic carbocycles. The van der Waals surface area contributed by atoms with E-state index in [-0.39, 0.29) is 0 Å². The number of para-hydroxylation sites is 1. The van der Waals surface area contributed by atoms with E-state index >= 15 is 0 Å². The zero-order valence-corrected chi connectivity index (χ0v) is 15.4. The lowest BCUT2D eigenvalue weighted by Crippen LogP contribution is -2.15. The minimum atomic E-state index is 0.451. The van der Waals surface area contributed by atoms with Crippen LogP contribution in [0.25, 0.3) is 0 Å². The molecular weight excluding hydrogens is 292 g/mol. The number of hydrogen-bond donors (Lipinski definition) is 0. The lowest BCUT2D eigenvalue weighted by molar-refractivity contribution is 0.786. The minimum absolute atomic E-state index is 0.451. The summed E-state index contributed by atoms with van der Waals surface area (Å²) in [7, 11) is 0. The van der Waals surface area contributed by atoms with Gasteiger partial charge in [0.05, 0.1) is 17.1 Å². The maximum atomic E-state index is 5.16. The molecule has 0 atom stereocenters. The van der Waals surface area contributed by atoms with Crippen LogP contribution in [-0.4, -0.2) is 10.7 Å². The van der Waals surface area contributed by atoms with Crippen LogP contribution in [0.4, 0.5) is 5.69 Å². The van der Waals surface area contributed by atoms with Gasteiger partial charge < -0.3 is 0 Å². The number of aryl methyl sites for hydroxylation is 3. The van der Waals surface area contributed by atoms with Crippen LogP contribution in [0.15, 0.2) is 35.3 Å². The van der Waals surface area contributed by atoms with Gasteiger partial charge in [0.1, 0.15) is 0 Å². The van der Waals surface area contributed by atoms with Crippen LogP contribution in [-0.2, 0) is 19.3 Å². The molecule has 0 spiro atoms. The third-order valence-electron chi connectivity index (χ3n) is 4.94. The first-order valence-electron chi connectivity index (χ1n) is 9.32. The van der Waals surface area contributed by atoms with Crippen LogP contribution >= 0.6 is 0 Å². The largest absolute Gasteiger partial charge is 0.251 e. The molecule has 0 saturated heterocycles. The van der Waals surface area contributed by atoms with Gasteiger partial charge in [-0.15, -0.1) is 0 Å². The first-order chi connectivity index (χ1) is 11.6. The lowest BCUT2D eigenvalue weighted by atomic mass is 9.92. The van der Waals surface area contributed by atoms with Crippen LogP contribution in [0, 0.1) is 0 Å². The number of hydrogen-bond acceptors (Lipinski definition) is 2. The van der Waals surface area contributed by atoms with E-state index in [2.05, 4.69) is 58.0 Å². The maximum absolute atomic E-state index is 5.16. The summed E-state index contributed by atoms with van der Waals surface area (Å²) in [4.78, 5) is 10.1. The number of aromatic nitrogens is 1. The molecule has 0 bridgehead atoms. The molecule has 1 aliphatic rings. The van der Waals surface area contributed by atoms with Crippen molar-refractivity contribution in [1.82, 2.24) is 4.98 Å². The molecule has 1 aromatic heterocycles. The van der Waals surface area contributed by atoms with Crippen molar-refractivity contribution >= 4 is 11.4 Å². The highest BCUT2D eigenvalue weighted by Gasteiger charge is 2.19. The normalized spacial score (nSPS) is 15.8. The number of fused-ring (bicyclic) bond motifs is 1. The molecule has 0 aliphatic heterocycles. The highest BCUT2D eigenvalue weighted by molar-refractivity contribution is 6.02. The average Bonchev–Trinajstić information content (AvgIpc) is 2.61. The van der Waals surface area contributed by atoms with Gasteiger partial charge in [0.2, 0.25) is 0 Å². The van der Waals surface area contributed by atoms with Gasteiger partial charge in [0.25, 0.3) is 0 Å². The van der Waals surface area contributed by atoms with Crippen molar-refractivity contribution in [2.24, 2.45) is 4.99 Å². The third kappa shape index (κ3) is 3.28. The van der Waals surface area contributed by atoms with Crippen LogP contribution in [0.3, 0.4) is 0 Å². The number of rotatable bonds is 4. The van der Waals surface area contributed by atoms with Crippen LogP contribution < -0.4 is 0 Å². The summed E-state index contributed by atoms with van der Waals surface area (Å²) < 4.78 is 0. The second kappa shape index (κ2) is 7.29. The Morgan fingerprint density at radius 3 is 2.33 bits per heavy atom. The summed E-state index contributed by atoms with van der Waals surface area (Å²) in [6.07, 6.45) is 5.36. The molecule has 0 saturated carbocycles. The monoisotopic (exact) mass is 320 g/mol. The Morgan fingerprint density at radius 2 is 1.71 bits per heavy atom. The Morgan fingerprint density at radius 1 is 1.00 bits per heavy atom. The molecule has 1 heterocycles. The van der Waals surface area contributed by atoms with E-state index < -0.39 is 0 Å². The zero-order valence-electron chi connectivity index (χ0n) is 15.4. The molecule has 0 unspecified atom stereocenters. The zero-order chi connectivity index (χ0) is 17.1. The predicted molar refractivity (Wildman–Crippen MR) is 103 cm³/mol. The Kier molecular flexibility index (Phi) is 5.13. The third-order valence-corrected chi connectivity index (χ3v) is 4.94. The summed E-state index contributed by atoms with van der Waals surface area (Å²) in [5.74, 6) is 0.451. The fourth-order valence-corrected chi connectivity index (χ4v) is 3.44. The summed E-state index contributed by atoms with van der Waals surface area (Å²) in [5.41, 5.74) is 8.71. The van der Waals surface area contributed by atoms with E-state index in [1.54, 1.807) is 0 Å². The number of pyridine rings is 1. The molecule has 0 N–H and O–H groups in total. The molecule has 126 valence electrons. The first-order valence-corrected chi connectivity index (χ1v) is 9.32. The molecule has 2 nitrogen and oxygen atoms in total. The number of benzene rings is 1. The summed E-state index contributed by atoms with van der Waals surface area (Å²) in [6.45, 7) is 8.83. The summed E-state index contributed by atoms with van der Waals surface area (Å²) >= 11 is 0. The fourth-order valence-electron chi connectivity index (χ4n) is 3.44. The topological polar surface area (TPSA) is 25.2 Å². The van der Waals surface area contributed by atoms with Gasteiger partial charge >= 0.3 is 0 Å². The number of aliphatic imine (C=N–C) groups is 1. The van der Waals surface area contributed by atoms with Crippen LogP contribution in [0.1, 0.15) is 74.5 Å². The van der Waals surface area contributed by atoms with E-state index in [0.717, 1.165) is 31.4 Å². The maximum Gasteiger partial charge on any atom is 0.0880 e. The first kappa shape index (κ1) is 16.9. The Balaban J connectivity index is 2.12. The highest BCUT2D eigenvalue weighted by Crippen LogP contribution is 2.30. The van der Waals surface area contributed by atoms with Crippen molar-refractivity contribution in [1.29, 1.82) is 0 Å². The fraction of sp³-hybridized carbons (Fsp3) is 0.455. The van der Waals surface area contributed by atoms with Gasteiger partial charge in [0.15, 0.2) is 0 Å². The Labute approximate surface area is 146 Å². The summed E-state index contributed by atoms with van der Waals surface area (Å²) in [6, 6.07) is 11.0. The van der Waals surface area contributed by atoms with Crippen LogP contribution in [0.5, 0.6) is 0 Å². The molecule has 2 heteroatoms. The van der Waals surface area contributed by atoms with E-state index in [0.29, 0.717) is 5.92 Å². The van der Waals surface area contributed by atoms with Gasteiger partial charge in [0, 0.05) is 5.69 Å². The summed E-state index contributed by atoms with van der Waals surface area (Å²) in [5, 5.41) is 0. The van der Waals surface area contributed by atoms with Crippen LogP contribution in [0.2, 0.25) is 0 Å².